The highest BCUT2D eigenvalue weighted by Crippen LogP contribution is 2.25. The SMILES string of the molecule is CN/N=C/c1cn(Cc2ccc3ccccc3c2)c2ccc(Cl)cc12. The fourth-order valence-corrected chi connectivity index (χ4v) is 3.37. The van der Waals surface area contributed by atoms with Gasteiger partial charge in [-0.05, 0) is 40.6 Å². The van der Waals surface area contributed by atoms with E-state index in [1.165, 1.54) is 16.3 Å². The molecule has 0 fully saturated rings. The first-order valence-corrected chi connectivity index (χ1v) is 8.58. The lowest BCUT2D eigenvalue weighted by Gasteiger charge is -2.07. The average molecular weight is 348 g/mol. The molecule has 0 saturated heterocycles. The molecule has 0 saturated carbocycles. The van der Waals surface area contributed by atoms with Crippen LogP contribution in [0.4, 0.5) is 0 Å². The summed E-state index contributed by atoms with van der Waals surface area (Å²) in [6.45, 7) is 0.802. The Morgan fingerprint density at radius 3 is 2.72 bits per heavy atom. The minimum atomic E-state index is 0.732. The van der Waals surface area contributed by atoms with E-state index in [2.05, 4.69) is 69.8 Å². The Hall–Kier alpha value is -2.78. The van der Waals surface area contributed by atoms with Crippen LogP contribution in [0.25, 0.3) is 21.7 Å². The molecule has 4 rings (SSSR count). The number of benzene rings is 3. The van der Waals surface area contributed by atoms with E-state index in [1.807, 2.05) is 18.3 Å². The van der Waals surface area contributed by atoms with Crippen LogP contribution in [-0.4, -0.2) is 17.8 Å². The number of rotatable bonds is 4. The summed E-state index contributed by atoms with van der Waals surface area (Å²) in [5, 5.41) is 8.51. The van der Waals surface area contributed by atoms with Gasteiger partial charge in [0.2, 0.25) is 0 Å². The Labute approximate surface area is 151 Å². The maximum atomic E-state index is 6.19. The van der Waals surface area contributed by atoms with E-state index in [-0.39, 0.29) is 0 Å². The second-order valence-electron chi connectivity index (χ2n) is 6.04. The molecule has 0 amide bonds. The standard InChI is InChI=1S/C21H18ClN3/c1-23-24-12-18-14-25(21-9-8-19(22)11-20(18)21)13-15-6-7-16-4-2-3-5-17(16)10-15/h2-12,14,23H,13H2,1H3/b24-12+. The maximum Gasteiger partial charge on any atom is 0.0561 e. The van der Waals surface area contributed by atoms with Gasteiger partial charge in [-0.2, -0.15) is 5.10 Å². The van der Waals surface area contributed by atoms with Crippen LogP contribution in [0.3, 0.4) is 0 Å². The van der Waals surface area contributed by atoms with Crippen molar-refractivity contribution in [2.24, 2.45) is 5.10 Å². The largest absolute Gasteiger partial charge is 0.342 e. The van der Waals surface area contributed by atoms with Gasteiger partial charge in [-0.25, -0.2) is 0 Å². The van der Waals surface area contributed by atoms with Crippen molar-refractivity contribution in [2.75, 3.05) is 7.05 Å². The van der Waals surface area contributed by atoms with Gasteiger partial charge in [0.25, 0.3) is 0 Å². The first-order chi connectivity index (χ1) is 12.2. The van der Waals surface area contributed by atoms with E-state index in [4.69, 9.17) is 11.6 Å². The number of halogens is 1. The van der Waals surface area contributed by atoms with Crippen LogP contribution in [0.2, 0.25) is 5.02 Å². The number of nitrogens with one attached hydrogen (secondary N) is 1. The summed E-state index contributed by atoms with van der Waals surface area (Å²) in [6.07, 6.45) is 3.95. The van der Waals surface area contributed by atoms with Crippen LogP contribution in [0.15, 0.2) is 72.0 Å². The zero-order chi connectivity index (χ0) is 17.2. The van der Waals surface area contributed by atoms with E-state index in [9.17, 15) is 0 Å². The molecule has 0 radical (unpaired) electrons. The Bertz CT molecular complexity index is 1080. The molecule has 0 spiro atoms. The van der Waals surface area contributed by atoms with Crippen molar-refractivity contribution in [3.63, 3.8) is 0 Å². The molecule has 0 bridgehead atoms. The van der Waals surface area contributed by atoms with Gasteiger partial charge in [-0.15, -0.1) is 0 Å². The molecule has 1 heterocycles. The third-order valence-corrected chi connectivity index (χ3v) is 4.61. The van der Waals surface area contributed by atoms with E-state index < -0.39 is 0 Å². The molecule has 4 aromatic rings. The molecule has 4 heteroatoms. The summed E-state index contributed by atoms with van der Waals surface area (Å²) in [5.41, 5.74) is 6.27. The molecule has 0 aliphatic carbocycles. The lowest BCUT2D eigenvalue weighted by molar-refractivity contribution is 0.837. The van der Waals surface area contributed by atoms with Gasteiger partial charge in [0.15, 0.2) is 0 Å². The average Bonchev–Trinajstić information content (AvgIpc) is 2.96. The molecule has 3 aromatic carbocycles. The van der Waals surface area contributed by atoms with Gasteiger partial charge in [0, 0.05) is 41.3 Å². The molecule has 1 aromatic heterocycles. The zero-order valence-electron chi connectivity index (χ0n) is 13.9. The Balaban J connectivity index is 1.78. The molecule has 25 heavy (non-hydrogen) atoms. The Morgan fingerprint density at radius 1 is 1.04 bits per heavy atom. The minimum Gasteiger partial charge on any atom is -0.342 e. The van der Waals surface area contributed by atoms with E-state index >= 15 is 0 Å². The topological polar surface area (TPSA) is 29.3 Å². The van der Waals surface area contributed by atoms with Crippen molar-refractivity contribution in [1.82, 2.24) is 9.99 Å². The predicted octanol–water partition coefficient (Wildman–Crippen LogP) is 5.05. The minimum absolute atomic E-state index is 0.732. The summed E-state index contributed by atoms with van der Waals surface area (Å²) in [6, 6.07) is 21.0. The van der Waals surface area contributed by atoms with Crippen LogP contribution in [-0.2, 0) is 6.54 Å². The van der Waals surface area contributed by atoms with Crippen LogP contribution >= 0.6 is 11.6 Å². The summed E-state index contributed by atoms with van der Waals surface area (Å²) in [7, 11) is 1.79. The van der Waals surface area contributed by atoms with Gasteiger partial charge in [0.05, 0.1) is 6.21 Å². The highest BCUT2D eigenvalue weighted by atomic mass is 35.5. The molecule has 1 N–H and O–H groups in total. The highest BCUT2D eigenvalue weighted by molar-refractivity contribution is 6.31. The number of fused-ring (bicyclic) bond motifs is 2. The van der Waals surface area contributed by atoms with Gasteiger partial charge in [-0.3, -0.25) is 0 Å². The van der Waals surface area contributed by atoms with Crippen LogP contribution in [0.5, 0.6) is 0 Å². The van der Waals surface area contributed by atoms with Crippen LogP contribution in [0.1, 0.15) is 11.1 Å². The predicted molar refractivity (Wildman–Crippen MR) is 107 cm³/mol. The van der Waals surface area contributed by atoms with Crippen LogP contribution in [0, 0.1) is 0 Å². The van der Waals surface area contributed by atoms with Gasteiger partial charge in [-0.1, -0.05) is 48.0 Å². The number of aromatic nitrogens is 1. The third-order valence-electron chi connectivity index (χ3n) is 4.37. The number of hydrogen-bond acceptors (Lipinski definition) is 2. The summed E-state index contributed by atoms with van der Waals surface area (Å²) in [5.74, 6) is 0. The molecule has 0 aliphatic rings. The van der Waals surface area contributed by atoms with E-state index in [0.717, 1.165) is 28.0 Å². The number of nitrogens with zero attached hydrogens (tertiary/aromatic N) is 2. The van der Waals surface area contributed by atoms with E-state index in [0.29, 0.717) is 0 Å². The lowest BCUT2D eigenvalue weighted by atomic mass is 10.1. The van der Waals surface area contributed by atoms with Crippen molar-refractivity contribution in [1.29, 1.82) is 0 Å². The molecule has 0 unspecified atom stereocenters. The van der Waals surface area contributed by atoms with Gasteiger partial charge >= 0.3 is 0 Å². The fraction of sp³-hybridized carbons (Fsp3) is 0.0952. The molecular formula is C21H18ClN3. The number of hydrogen-bond donors (Lipinski definition) is 1. The van der Waals surface area contributed by atoms with Gasteiger partial charge in [0.1, 0.15) is 0 Å². The van der Waals surface area contributed by atoms with Crippen molar-refractivity contribution in [3.8, 4) is 0 Å². The third kappa shape index (κ3) is 3.11. The zero-order valence-corrected chi connectivity index (χ0v) is 14.7. The first-order valence-electron chi connectivity index (χ1n) is 8.20. The summed E-state index contributed by atoms with van der Waals surface area (Å²) in [4.78, 5) is 0. The Morgan fingerprint density at radius 2 is 1.88 bits per heavy atom. The smallest absolute Gasteiger partial charge is 0.0561 e. The Kier molecular flexibility index (Phi) is 4.16. The molecule has 124 valence electrons. The van der Waals surface area contributed by atoms with Crippen molar-refractivity contribution < 1.29 is 0 Å². The lowest BCUT2D eigenvalue weighted by Crippen LogP contribution is -1.98. The van der Waals surface area contributed by atoms with Gasteiger partial charge < -0.3 is 9.99 Å². The normalized spacial score (nSPS) is 11.6. The maximum absolute atomic E-state index is 6.19. The van der Waals surface area contributed by atoms with Crippen molar-refractivity contribution >= 4 is 39.5 Å². The molecule has 0 atom stereocenters. The quantitative estimate of drug-likeness (QED) is 0.406. The number of hydrazone groups is 1. The monoisotopic (exact) mass is 347 g/mol. The first kappa shape index (κ1) is 15.7. The summed E-state index contributed by atoms with van der Waals surface area (Å²) >= 11 is 6.19. The van der Waals surface area contributed by atoms with Crippen molar-refractivity contribution in [2.45, 2.75) is 6.54 Å². The fourth-order valence-electron chi connectivity index (χ4n) is 3.20. The second-order valence-corrected chi connectivity index (χ2v) is 6.47. The molecule has 0 aliphatic heterocycles. The second kappa shape index (κ2) is 6.61. The van der Waals surface area contributed by atoms with Crippen LogP contribution < -0.4 is 5.43 Å². The molecule has 3 nitrogen and oxygen atoms in total. The summed E-state index contributed by atoms with van der Waals surface area (Å²) < 4.78 is 2.24. The van der Waals surface area contributed by atoms with E-state index in [1.54, 1.807) is 7.05 Å². The van der Waals surface area contributed by atoms with Crippen molar-refractivity contribution in [3.05, 3.63) is 83.0 Å². The highest BCUT2D eigenvalue weighted by Gasteiger charge is 2.09. The molecular weight excluding hydrogens is 330 g/mol.